The molecule has 3 rings (SSSR count). The summed E-state index contributed by atoms with van der Waals surface area (Å²) in [5, 5.41) is 3.49. The van der Waals surface area contributed by atoms with E-state index in [9.17, 15) is 0 Å². The lowest BCUT2D eigenvalue weighted by molar-refractivity contribution is 0.297. The highest BCUT2D eigenvalue weighted by atomic mass is 16.5. The van der Waals surface area contributed by atoms with Crippen molar-refractivity contribution in [3.05, 3.63) is 88.7 Å². The maximum atomic E-state index is 6.01. The Morgan fingerprint density at radius 1 is 0.889 bits per heavy atom. The molecule has 0 bridgehead atoms. The number of benzene rings is 2. The number of methoxy groups -OCH3 is 1. The monoisotopic (exact) mass is 362 g/mol. The van der Waals surface area contributed by atoms with E-state index in [0.29, 0.717) is 6.61 Å². The number of ether oxygens (including phenoxy) is 2. The summed E-state index contributed by atoms with van der Waals surface area (Å²) >= 11 is 0. The molecule has 2 aromatic carbocycles. The molecule has 4 heteroatoms. The summed E-state index contributed by atoms with van der Waals surface area (Å²) in [6.07, 6.45) is 1.79. The first-order chi connectivity index (χ1) is 13.2. The van der Waals surface area contributed by atoms with Gasteiger partial charge in [0.25, 0.3) is 0 Å². The molecule has 0 atom stereocenters. The van der Waals surface area contributed by atoms with Crippen LogP contribution in [0, 0.1) is 13.8 Å². The van der Waals surface area contributed by atoms with Gasteiger partial charge in [-0.3, -0.25) is 4.98 Å². The van der Waals surface area contributed by atoms with Crippen LogP contribution in [0.3, 0.4) is 0 Å². The maximum Gasteiger partial charge on any atom is 0.130 e. The van der Waals surface area contributed by atoms with E-state index in [2.05, 4.69) is 48.4 Å². The van der Waals surface area contributed by atoms with Crippen LogP contribution < -0.4 is 14.8 Å². The van der Waals surface area contributed by atoms with Gasteiger partial charge in [-0.1, -0.05) is 30.3 Å². The first kappa shape index (κ1) is 18.9. The highest BCUT2D eigenvalue weighted by molar-refractivity contribution is 5.43. The second-order valence-electron chi connectivity index (χ2n) is 6.62. The predicted octanol–water partition coefficient (Wildman–Crippen LogP) is 4.58. The third-order valence-corrected chi connectivity index (χ3v) is 4.40. The van der Waals surface area contributed by atoms with Crippen molar-refractivity contribution in [1.82, 2.24) is 10.3 Å². The van der Waals surface area contributed by atoms with Crippen LogP contribution in [-0.4, -0.2) is 12.1 Å². The third-order valence-electron chi connectivity index (χ3n) is 4.40. The van der Waals surface area contributed by atoms with E-state index in [4.69, 9.17) is 9.47 Å². The van der Waals surface area contributed by atoms with Gasteiger partial charge in [0.05, 0.1) is 12.8 Å². The average Bonchev–Trinajstić information content (AvgIpc) is 2.68. The first-order valence-electron chi connectivity index (χ1n) is 9.12. The Hall–Kier alpha value is -2.85. The van der Waals surface area contributed by atoms with Crippen molar-refractivity contribution < 1.29 is 9.47 Å². The van der Waals surface area contributed by atoms with Gasteiger partial charge in [0.1, 0.15) is 18.1 Å². The molecular weight excluding hydrogens is 336 g/mol. The van der Waals surface area contributed by atoms with Gasteiger partial charge in [0, 0.05) is 19.3 Å². The second kappa shape index (κ2) is 9.19. The quantitative estimate of drug-likeness (QED) is 0.637. The van der Waals surface area contributed by atoms with Crippen molar-refractivity contribution in [2.45, 2.75) is 33.5 Å². The number of rotatable bonds is 8. The molecule has 0 spiro atoms. The van der Waals surface area contributed by atoms with Crippen LogP contribution >= 0.6 is 0 Å². The van der Waals surface area contributed by atoms with Gasteiger partial charge >= 0.3 is 0 Å². The van der Waals surface area contributed by atoms with Crippen molar-refractivity contribution in [2.24, 2.45) is 0 Å². The van der Waals surface area contributed by atoms with Crippen LogP contribution in [0.25, 0.3) is 0 Å². The standard InChI is InChI=1S/C23H26N2O2/c1-17-11-20(15-24-14-19-7-6-9-22(13-19)26-3)12-18(2)23(17)27-16-21-8-4-5-10-25-21/h4-13,24H,14-16H2,1-3H3. The fourth-order valence-electron chi connectivity index (χ4n) is 3.13. The Balaban J connectivity index is 1.58. The number of hydrogen-bond acceptors (Lipinski definition) is 4. The molecule has 0 aliphatic carbocycles. The molecule has 27 heavy (non-hydrogen) atoms. The second-order valence-corrected chi connectivity index (χ2v) is 6.62. The first-order valence-corrected chi connectivity index (χ1v) is 9.12. The zero-order valence-corrected chi connectivity index (χ0v) is 16.2. The van der Waals surface area contributed by atoms with Crippen molar-refractivity contribution in [3.8, 4) is 11.5 Å². The number of aryl methyl sites for hydroxylation is 2. The van der Waals surface area contributed by atoms with E-state index >= 15 is 0 Å². The summed E-state index contributed by atoms with van der Waals surface area (Å²) in [5.41, 5.74) is 5.67. The molecule has 4 nitrogen and oxygen atoms in total. The van der Waals surface area contributed by atoms with Gasteiger partial charge < -0.3 is 14.8 Å². The van der Waals surface area contributed by atoms with E-state index in [1.165, 1.54) is 11.1 Å². The zero-order valence-electron chi connectivity index (χ0n) is 16.2. The fourth-order valence-corrected chi connectivity index (χ4v) is 3.13. The number of hydrogen-bond donors (Lipinski definition) is 1. The minimum atomic E-state index is 0.482. The number of aromatic nitrogens is 1. The van der Waals surface area contributed by atoms with Crippen LogP contribution in [0.5, 0.6) is 11.5 Å². The fraction of sp³-hybridized carbons (Fsp3) is 0.261. The van der Waals surface area contributed by atoms with E-state index < -0.39 is 0 Å². The largest absolute Gasteiger partial charge is 0.497 e. The molecule has 0 saturated heterocycles. The van der Waals surface area contributed by atoms with Crippen LogP contribution in [0.4, 0.5) is 0 Å². The molecule has 0 fully saturated rings. The summed E-state index contributed by atoms with van der Waals surface area (Å²) in [7, 11) is 1.69. The van der Waals surface area contributed by atoms with Crippen LogP contribution in [-0.2, 0) is 19.7 Å². The van der Waals surface area contributed by atoms with E-state index in [0.717, 1.165) is 41.4 Å². The summed E-state index contributed by atoms with van der Waals surface area (Å²) < 4.78 is 11.3. The number of nitrogens with one attached hydrogen (secondary N) is 1. The number of pyridine rings is 1. The molecule has 140 valence electrons. The summed E-state index contributed by atoms with van der Waals surface area (Å²) in [5.74, 6) is 1.83. The lowest BCUT2D eigenvalue weighted by Crippen LogP contribution is -2.13. The van der Waals surface area contributed by atoms with Gasteiger partial charge in [-0.25, -0.2) is 0 Å². The van der Waals surface area contributed by atoms with Crippen molar-refractivity contribution in [2.75, 3.05) is 7.11 Å². The molecule has 0 aliphatic rings. The Morgan fingerprint density at radius 3 is 2.37 bits per heavy atom. The van der Waals surface area contributed by atoms with Crippen LogP contribution in [0.1, 0.15) is 27.9 Å². The highest BCUT2D eigenvalue weighted by Crippen LogP contribution is 2.25. The third kappa shape index (κ3) is 5.31. The molecule has 0 aliphatic heterocycles. The van der Waals surface area contributed by atoms with Gasteiger partial charge in [0.15, 0.2) is 0 Å². The SMILES string of the molecule is COc1cccc(CNCc2cc(C)c(OCc3ccccn3)c(C)c2)c1. The van der Waals surface area contributed by atoms with Gasteiger partial charge in [-0.05, 0) is 60.4 Å². The number of nitrogens with zero attached hydrogens (tertiary/aromatic N) is 1. The molecule has 0 amide bonds. The molecule has 3 aromatic rings. The lowest BCUT2D eigenvalue weighted by Gasteiger charge is -2.14. The predicted molar refractivity (Wildman–Crippen MR) is 108 cm³/mol. The summed E-state index contributed by atoms with van der Waals surface area (Å²) in [4.78, 5) is 4.31. The zero-order chi connectivity index (χ0) is 19.1. The summed E-state index contributed by atoms with van der Waals surface area (Å²) in [6.45, 7) is 6.27. The lowest BCUT2D eigenvalue weighted by atomic mass is 10.1. The Bertz CT molecular complexity index is 856. The minimum absolute atomic E-state index is 0.482. The molecule has 1 N–H and O–H groups in total. The Kier molecular flexibility index (Phi) is 6.44. The van der Waals surface area contributed by atoms with Gasteiger partial charge in [0.2, 0.25) is 0 Å². The molecule has 1 aromatic heterocycles. The van der Waals surface area contributed by atoms with Crippen molar-refractivity contribution in [1.29, 1.82) is 0 Å². The molecule has 0 radical (unpaired) electrons. The van der Waals surface area contributed by atoms with Gasteiger partial charge in [-0.15, -0.1) is 0 Å². The Morgan fingerprint density at radius 2 is 1.67 bits per heavy atom. The van der Waals surface area contributed by atoms with Gasteiger partial charge in [-0.2, -0.15) is 0 Å². The highest BCUT2D eigenvalue weighted by Gasteiger charge is 2.07. The maximum absolute atomic E-state index is 6.01. The molecule has 1 heterocycles. The molecule has 0 saturated carbocycles. The van der Waals surface area contributed by atoms with E-state index in [1.54, 1.807) is 13.3 Å². The minimum Gasteiger partial charge on any atom is -0.497 e. The van der Waals surface area contributed by atoms with E-state index in [-0.39, 0.29) is 0 Å². The molecular formula is C23H26N2O2. The van der Waals surface area contributed by atoms with Crippen molar-refractivity contribution >= 4 is 0 Å². The average molecular weight is 362 g/mol. The van der Waals surface area contributed by atoms with E-state index in [1.807, 2.05) is 30.3 Å². The topological polar surface area (TPSA) is 43.4 Å². The molecule has 0 unspecified atom stereocenters. The van der Waals surface area contributed by atoms with Crippen LogP contribution in [0.15, 0.2) is 60.8 Å². The Labute approximate surface area is 161 Å². The van der Waals surface area contributed by atoms with Crippen molar-refractivity contribution in [3.63, 3.8) is 0 Å². The normalized spacial score (nSPS) is 10.6. The van der Waals surface area contributed by atoms with Crippen LogP contribution in [0.2, 0.25) is 0 Å². The summed E-state index contributed by atoms with van der Waals surface area (Å²) in [6, 6.07) is 18.3. The smallest absolute Gasteiger partial charge is 0.130 e.